The maximum absolute atomic E-state index is 9.35. The summed E-state index contributed by atoms with van der Waals surface area (Å²) in [6.45, 7) is 3.73. The monoisotopic (exact) mass is 271 g/mol. The second-order valence-corrected chi connectivity index (χ2v) is 4.57. The van der Waals surface area contributed by atoms with E-state index in [4.69, 9.17) is 0 Å². The standard InChI is InChI=1S/C12H18BrNO/c1-2-12(15)7-8-14-9-10-3-5-11(13)6-4-10/h3-6,12,14-15H,2,7-9H2,1H3. The molecule has 0 saturated heterocycles. The summed E-state index contributed by atoms with van der Waals surface area (Å²) in [5.41, 5.74) is 1.27. The molecule has 0 saturated carbocycles. The third-order valence-electron chi connectivity index (χ3n) is 2.37. The van der Waals surface area contributed by atoms with Crippen molar-refractivity contribution in [3.05, 3.63) is 34.3 Å². The van der Waals surface area contributed by atoms with E-state index in [9.17, 15) is 5.11 Å². The molecule has 15 heavy (non-hydrogen) atoms. The largest absolute Gasteiger partial charge is 0.393 e. The molecule has 0 heterocycles. The molecule has 2 N–H and O–H groups in total. The Morgan fingerprint density at radius 1 is 1.33 bits per heavy atom. The van der Waals surface area contributed by atoms with Gasteiger partial charge in [0.15, 0.2) is 0 Å². The van der Waals surface area contributed by atoms with E-state index < -0.39 is 0 Å². The lowest BCUT2D eigenvalue weighted by Gasteiger charge is -2.08. The number of hydrogen-bond donors (Lipinski definition) is 2. The van der Waals surface area contributed by atoms with Gasteiger partial charge in [0.25, 0.3) is 0 Å². The first-order valence-corrected chi connectivity index (χ1v) is 6.15. The summed E-state index contributed by atoms with van der Waals surface area (Å²) in [6, 6.07) is 8.26. The molecule has 1 atom stereocenters. The van der Waals surface area contributed by atoms with Crippen molar-refractivity contribution in [1.29, 1.82) is 0 Å². The molecule has 1 unspecified atom stereocenters. The molecule has 2 nitrogen and oxygen atoms in total. The molecule has 0 aliphatic carbocycles. The maximum Gasteiger partial charge on any atom is 0.0549 e. The topological polar surface area (TPSA) is 32.3 Å². The highest BCUT2D eigenvalue weighted by molar-refractivity contribution is 9.10. The van der Waals surface area contributed by atoms with Crippen molar-refractivity contribution < 1.29 is 5.11 Å². The van der Waals surface area contributed by atoms with Gasteiger partial charge < -0.3 is 10.4 Å². The summed E-state index contributed by atoms with van der Waals surface area (Å²) >= 11 is 3.40. The molecule has 0 amide bonds. The van der Waals surface area contributed by atoms with E-state index in [2.05, 4.69) is 33.4 Å². The highest BCUT2D eigenvalue weighted by atomic mass is 79.9. The minimum Gasteiger partial charge on any atom is -0.393 e. The molecule has 84 valence electrons. The van der Waals surface area contributed by atoms with Crippen LogP contribution in [0, 0.1) is 0 Å². The van der Waals surface area contributed by atoms with Crippen molar-refractivity contribution in [2.24, 2.45) is 0 Å². The Bertz CT molecular complexity index is 273. The molecule has 0 aliphatic heterocycles. The van der Waals surface area contributed by atoms with Crippen LogP contribution >= 0.6 is 15.9 Å². The van der Waals surface area contributed by atoms with Crippen LogP contribution in [0.5, 0.6) is 0 Å². The molecule has 0 bridgehead atoms. The third kappa shape index (κ3) is 5.30. The van der Waals surface area contributed by atoms with Gasteiger partial charge in [0.1, 0.15) is 0 Å². The zero-order valence-electron chi connectivity index (χ0n) is 9.04. The smallest absolute Gasteiger partial charge is 0.0549 e. The molecule has 0 aromatic heterocycles. The van der Waals surface area contributed by atoms with Gasteiger partial charge in [-0.15, -0.1) is 0 Å². The maximum atomic E-state index is 9.35. The summed E-state index contributed by atoms with van der Waals surface area (Å²) in [6.07, 6.45) is 1.50. The zero-order valence-corrected chi connectivity index (χ0v) is 10.6. The summed E-state index contributed by atoms with van der Waals surface area (Å²) in [7, 11) is 0. The average Bonchev–Trinajstić information content (AvgIpc) is 2.26. The predicted molar refractivity (Wildman–Crippen MR) is 66.8 cm³/mol. The molecule has 1 aromatic carbocycles. The Morgan fingerprint density at radius 3 is 2.60 bits per heavy atom. The van der Waals surface area contributed by atoms with Crippen molar-refractivity contribution in [3.8, 4) is 0 Å². The van der Waals surface area contributed by atoms with Gasteiger partial charge in [0.2, 0.25) is 0 Å². The highest BCUT2D eigenvalue weighted by Gasteiger charge is 1.99. The van der Waals surface area contributed by atoms with E-state index in [1.165, 1.54) is 5.56 Å². The Kier molecular flexibility index (Phi) is 5.91. The van der Waals surface area contributed by atoms with E-state index in [1.807, 2.05) is 19.1 Å². The van der Waals surface area contributed by atoms with Crippen molar-refractivity contribution in [2.45, 2.75) is 32.4 Å². The molecule has 1 rings (SSSR count). The fraction of sp³-hybridized carbons (Fsp3) is 0.500. The first-order valence-electron chi connectivity index (χ1n) is 5.35. The lowest BCUT2D eigenvalue weighted by Crippen LogP contribution is -2.19. The summed E-state index contributed by atoms with van der Waals surface area (Å²) in [4.78, 5) is 0. The summed E-state index contributed by atoms with van der Waals surface area (Å²) < 4.78 is 1.10. The van der Waals surface area contributed by atoms with Crippen LogP contribution in [-0.2, 0) is 6.54 Å². The molecule has 0 aliphatic rings. The van der Waals surface area contributed by atoms with Crippen molar-refractivity contribution >= 4 is 15.9 Å². The quantitative estimate of drug-likeness (QED) is 0.780. The second kappa shape index (κ2) is 6.99. The number of rotatable bonds is 6. The fourth-order valence-electron chi connectivity index (χ4n) is 1.31. The first-order chi connectivity index (χ1) is 7.22. The Morgan fingerprint density at radius 2 is 2.00 bits per heavy atom. The van der Waals surface area contributed by atoms with E-state index >= 15 is 0 Å². The summed E-state index contributed by atoms with van der Waals surface area (Å²) in [5, 5.41) is 12.7. The fourth-order valence-corrected chi connectivity index (χ4v) is 1.57. The number of nitrogens with one attached hydrogen (secondary N) is 1. The molecule has 0 fully saturated rings. The lowest BCUT2D eigenvalue weighted by molar-refractivity contribution is 0.159. The van der Waals surface area contributed by atoms with Gasteiger partial charge in [-0.2, -0.15) is 0 Å². The van der Waals surface area contributed by atoms with Crippen LogP contribution < -0.4 is 5.32 Å². The highest BCUT2D eigenvalue weighted by Crippen LogP contribution is 2.10. The van der Waals surface area contributed by atoms with Crippen molar-refractivity contribution in [2.75, 3.05) is 6.54 Å². The van der Waals surface area contributed by atoms with Gasteiger partial charge in [-0.25, -0.2) is 0 Å². The van der Waals surface area contributed by atoms with Gasteiger partial charge >= 0.3 is 0 Å². The van der Waals surface area contributed by atoms with Crippen LogP contribution in [0.4, 0.5) is 0 Å². The van der Waals surface area contributed by atoms with Gasteiger partial charge in [0.05, 0.1) is 6.10 Å². The number of halogens is 1. The minimum atomic E-state index is -0.164. The predicted octanol–water partition coefficient (Wildman–Crippen LogP) is 2.70. The van der Waals surface area contributed by atoms with Crippen LogP contribution in [-0.4, -0.2) is 17.8 Å². The van der Waals surface area contributed by atoms with Crippen molar-refractivity contribution in [1.82, 2.24) is 5.32 Å². The van der Waals surface area contributed by atoms with Crippen LogP contribution in [0.25, 0.3) is 0 Å². The van der Waals surface area contributed by atoms with E-state index in [0.717, 1.165) is 30.4 Å². The molecule has 3 heteroatoms. The molecular formula is C12H18BrNO. The van der Waals surface area contributed by atoms with Crippen LogP contribution in [0.15, 0.2) is 28.7 Å². The Balaban J connectivity index is 2.17. The van der Waals surface area contributed by atoms with Gasteiger partial charge in [0, 0.05) is 11.0 Å². The van der Waals surface area contributed by atoms with E-state index in [-0.39, 0.29) is 6.10 Å². The van der Waals surface area contributed by atoms with Crippen molar-refractivity contribution in [3.63, 3.8) is 0 Å². The third-order valence-corrected chi connectivity index (χ3v) is 2.90. The van der Waals surface area contributed by atoms with Gasteiger partial charge in [-0.3, -0.25) is 0 Å². The number of hydrogen-bond acceptors (Lipinski definition) is 2. The number of aliphatic hydroxyl groups is 1. The lowest BCUT2D eigenvalue weighted by atomic mass is 10.2. The first kappa shape index (κ1) is 12.7. The van der Waals surface area contributed by atoms with Crippen LogP contribution in [0.1, 0.15) is 25.3 Å². The number of benzene rings is 1. The van der Waals surface area contributed by atoms with E-state index in [1.54, 1.807) is 0 Å². The van der Waals surface area contributed by atoms with Crippen LogP contribution in [0.2, 0.25) is 0 Å². The molecule has 0 spiro atoms. The summed E-state index contributed by atoms with van der Waals surface area (Å²) in [5.74, 6) is 0. The second-order valence-electron chi connectivity index (χ2n) is 3.65. The zero-order chi connectivity index (χ0) is 11.1. The molecular weight excluding hydrogens is 254 g/mol. The van der Waals surface area contributed by atoms with Crippen LogP contribution in [0.3, 0.4) is 0 Å². The van der Waals surface area contributed by atoms with Gasteiger partial charge in [-0.1, -0.05) is 35.0 Å². The Labute approximate surface area is 99.8 Å². The van der Waals surface area contributed by atoms with Gasteiger partial charge in [-0.05, 0) is 37.1 Å². The Hall–Kier alpha value is -0.380. The average molecular weight is 272 g/mol. The molecule has 0 radical (unpaired) electrons. The minimum absolute atomic E-state index is 0.164. The SMILES string of the molecule is CCC(O)CCNCc1ccc(Br)cc1. The van der Waals surface area contributed by atoms with E-state index in [0.29, 0.717) is 0 Å². The number of aliphatic hydroxyl groups excluding tert-OH is 1. The normalized spacial score (nSPS) is 12.7. The molecule has 1 aromatic rings.